The lowest BCUT2D eigenvalue weighted by molar-refractivity contribution is 0.0761. The van der Waals surface area contributed by atoms with Crippen molar-refractivity contribution in [2.24, 2.45) is 11.3 Å². The molecule has 152 valence electrons. The molecule has 4 rings (SSSR count). The smallest absolute Gasteiger partial charge is 0.276 e. The minimum atomic E-state index is -0.191. The van der Waals surface area contributed by atoms with Crippen molar-refractivity contribution in [1.82, 2.24) is 20.3 Å². The molecular weight excluding hydrogens is 368 g/mol. The van der Waals surface area contributed by atoms with E-state index in [4.69, 9.17) is 8.94 Å². The summed E-state index contributed by atoms with van der Waals surface area (Å²) in [7, 11) is 1.71. The minimum Gasteiger partial charge on any atom is -0.419 e. The lowest BCUT2D eigenvalue weighted by Crippen LogP contribution is -2.30. The fourth-order valence-electron chi connectivity index (χ4n) is 3.78. The Balaban J connectivity index is 1.49. The van der Waals surface area contributed by atoms with Gasteiger partial charge in [0, 0.05) is 24.6 Å². The fraction of sp³-hybridized carbons (Fsp3) is 0.455. The fourth-order valence-corrected chi connectivity index (χ4v) is 3.78. The first kappa shape index (κ1) is 19.4. The average molecular weight is 394 g/mol. The van der Waals surface area contributed by atoms with Gasteiger partial charge in [-0.2, -0.15) is 0 Å². The molecule has 1 aliphatic carbocycles. The van der Waals surface area contributed by atoms with Gasteiger partial charge in [0.15, 0.2) is 5.69 Å². The Hall–Kier alpha value is -2.96. The zero-order chi connectivity index (χ0) is 20.6. The Labute approximate surface area is 170 Å². The molecule has 1 aliphatic rings. The number of hydrogen-bond acceptors (Lipinski definition) is 6. The second kappa shape index (κ2) is 7.46. The Morgan fingerprint density at radius 2 is 1.97 bits per heavy atom. The van der Waals surface area contributed by atoms with Crippen LogP contribution in [0.2, 0.25) is 0 Å². The van der Waals surface area contributed by atoms with E-state index in [-0.39, 0.29) is 17.9 Å². The van der Waals surface area contributed by atoms with Crippen molar-refractivity contribution in [2.45, 2.75) is 46.6 Å². The number of fused-ring (bicyclic) bond motifs is 1. The number of amides is 1. The molecule has 2 aromatic heterocycles. The molecule has 0 spiro atoms. The molecule has 0 unspecified atom stereocenters. The van der Waals surface area contributed by atoms with E-state index in [1.807, 2.05) is 30.3 Å². The van der Waals surface area contributed by atoms with Crippen molar-refractivity contribution in [3.63, 3.8) is 0 Å². The number of nitrogens with zero attached hydrogens (tertiary/aromatic N) is 4. The molecule has 1 aromatic carbocycles. The molecule has 0 radical (unpaired) electrons. The van der Waals surface area contributed by atoms with E-state index in [0.29, 0.717) is 23.4 Å². The van der Waals surface area contributed by atoms with Gasteiger partial charge in [-0.25, -0.2) is 0 Å². The molecule has 0 bridgehead atoms. The number of hydrogen-bond donors (Lipinski definition) is 0. The van der Waals surface area contributed by atoms with Gasteiger partial charge in [0.25, 0.3) is 5.91 Å². The summed E-state index contributed by atoms with van der Waals surface area (Å²) in [4.78, 5) is 14.6. The first-order valence-corrected chi connectivity index (χ1v) is 9.93. The lowest BCUT2D eigenvalue weighted by atomic mass is 9.71. The van der Waals surface area contributed by atoms with Crippen LogP contribution in [-0.4, -0.2) is 33.2 Å². The van der Waals surface area contributed by atoms with Crippen molar-refractivity contribution in [1.29, 1.82) is 0 Å². The van der Waals surface area contributed by atoms with Crippen LogP contribution in [0.25, 0.3) is 11.5 Å². The van der Waals surface area contributed by atoms with E-state index in [9.17, 15) is 4.79 Å². The van der Waals surface area contributed by atoms with Gasteiger partial charge in [-0.1, -0.05) is 44.1 Å². The second-order valence-corrected chi connectivity index (χ2v) is 8.77. The number of rotatable bonds is 4. The Kier molecular flexibility index (Phi) is 4.98. The number of aryl methyl sites for hydroxylation is 1. The highest BCUT2D eigenvalue weighted by atomic mass is 16.5. The second-order valence-electron chi connectivity index (χ2n) is 8.77. The largest absolute Gasteiger partial charge is 0.419 e. The first-order valence-electron chi connectivity index (χ1n) is 9.93. The predicted molar refractivity (Wildman–Crippen MR) is 107 cm³/mol. The summed E-state index contributed by atoms with van der Waals surface area (Å²) in [6, 6.07) is 9.55. The SMILES string of the molecule is CN(Cc1nnc(-c2ccccc2)o1)C(=O)c1noc2c1C[C@H](C(C)(C)C)CC2. The van der Waals surface area contributed by atoms with Crippen molar-refractivity contribution in [2.75, 3.05) is 7.05 Å². The van der Waals surface area contributed by atoms with Crippen LogP contribution in [0.4, 0.5) is 0 Å². The highest BCUT2D eigenvalue weighted by Gasteiger charge is 2.35. The molecule has 29 heavy (non-hydrogen) atoms. The standard InChI is InChI=1S/C22H26N4O3/c1-22(2,3)15-10-11-17-16(12-15)19(25-29-17)21(27)26(4)13-18-23-24-20(28-18)14-8-6-5-7-9-14/h5-9,15H,10-13H2,1-4H3/t15-/m1/s1. The van der Waals surface area contributed by atoms with Crippen LogP contribution < -0.4 is 0 Å². The maximum atomic E-state index is 13.0. The molecule has 0 N–H and O–H groups in total. The Morgan fingerprint density at radius 1 is 1.21 bits per heavy atom. The number of benzene rings is 1. The van der Waals surface area contributed by atoms with E-state index < -0.39 is 0 Å². The highest BCUT2D eigenvalue weighted by molar-refractivity contribution is 5.93. The van der Waals surface area contributed by atoms with Crippen LogP contribution in [0.1, 0.15) is 54.9 Å². The maximum absolute atomic E-state index is 13.0. The van der Waals surface area contributed by atoms with Crippen LogP contribution in [-0.2, 0) is 19.4 Å². The van der Waals surface area contributed by atoms with Crippen LogP contribution >= 0.6 is 0 Å². The van der Waals surface area contributed by atoms with Crippen molar-refractivity contribution >= 4 is 5.91 Å². The molecule has 0 saturated carbocycles. The zero-order valence-electron chi connectivity index (χ0n) is 17.3. The third-order valence-electron chi connectivity index (χ3n) is 5.67. The molecule has 2 heterocycles. The third kappa shape index (κ3) is 3.95. The van der Waals surface area contributed by atoms with E-state index in [1.165, 1.54) is 0 Å². The van der Waals surface area contributed by atoms with Gasteiger partial charge < -0.3 is 13.8 Å². The molecule has 1 amide bonds. The van der Waals surface area contributed by atoms with Crippen LogP contribution in [0.15, 0.2) is 39.3 Å². The summed E-state index contributed by atoms with van der Waals surface area (Å²) in [6.07, 6.45) is 2.70. The number of aromatic nitrogens is 3. The molecule has 0 fully saturated rings. The normalized spacial score (nSPS) is 16.5. The quantitative estimate of drug-likeness (QED) is 0.661. The van der Waals surface area contributed by atoms with E-state index >= 15 is 0 Å². The van der Waals surface area contributed by atoms with Crippen molar-refractivity contribution in [3.05, 3.63) is 53.2 Å². The van der Waals surface area contributed by atoms with Crippen molar-refractivity contribution in [3.8, 4) is 11.5 Å². The van der Waals surface area contributed by atoms with Gasteiger partial charge in [0.2, 0.25) is 11.8 Å². The summed E-state index contributed by atoms with van der Waals surface area (Å²) in [5, 5.41) is 12.3. The molecule has 3 aromatic rings. The maximum Gasteiger partial charge on any atom is 0.276 e. The molecule has 1 atom stereocenters. The topological polar surface area (TPSA) is 85.3 Å². The van der Waals surface area contributed by atoms with Gasteiger partial charge in [0.05, 0.1) is 6.54 Å². The third-order valence-corrected chi connectivity index (χ3v) is 5.67. The van der Waals surface area contributed by atoms with Crippen LogP contribution in [0.5, 0.6) is 0 Å². The molecule has 7 nitrogen and oxygen atoms in total. The zero-order valence-corrected chi connectivity index (χ0v) is 17.3. The number of carbonyl (C=O) groups is 1. The summed E-state index contributed by atoms with van der Waals surface area (Å²) >= 11 is 0. The lowest BCUT2D eigenvalue weighted by Gasteiger charge is -2.33. The van der Waals surface area contributed by atoms with E-state index in [1.54, 1.807) is 11.9 Å². The average Bonchev–Trinajstić information content (AvgIpc) is 3.34. The summed E-state index contributed by atoms with van der Waals surface area (Å²) in [5.41, 5.74) is 2.38. The predicted octanol–water partition coefficient (Wildman–Crippen LogP) is 4.15. The van der Waals surface area contributed by atoms with Crippen molar-refractivity contribution < 1.29 is 13.7 Å². The summed E-state index contributed by atoms with van der Waals surface area (Å²) in [5.74, 6) is 1.96. The van der Waals surface area contributed by atoms with Gasteiger partial charge in [-0.15, -0.1) is 10.2 Å². The number of carbonyl (C=O) groups excluding carboxylic acids is 1. The van der Waals surface area contributed by atoms with Gasteiger partial charge in [0.1, 0.15) is 5.76 Å². The summed E-state index contributed by atoms with van der Waals surface area (Å²) in [6.45, 7) is 6.93. The molecule has 0 aliphatic heterocycles. The Morgan fingerprint density at radius 3 is 2.69 bits per heavy atom. The van der Waals surface area contributed by atoms with E-state index in [0.717, 1.165) is 36.1 Å². The van der Waals surface area contributed by atoms with Crippen LogP contribution in [0, 0.1) is 11.3 Å². The molecule has 7 heteroatoms. The van der Waals surface area contributed by atoms with E-state index in [2.05, 4.69) is 36.1 Å². The van der Waals surface area contributed by atoms with Gasteiger partial charge in [-0.05, 0) is 36.3 Å². The molecule has 0 saturated heterocycles. The highest BCUT2D eigenvalue weighted by Crippen LogP contribution is 2.38. The van der Waals surface area contributed by atoms with Gasteiger partial charge in [-0.3, -0.25) is 4.79 Å². The monoisotopic (exact) mass is 394 g/mol. The Bertz CT molecular complexity index is 1000. The molecular formula is C22H26N4O3. The minimum absolute atomic E-state index is 0.179. The van der Waals surface area contributed by atoms with Crippen LogP contribution in [0.3, 0.4) is 0 Å². The van der Waals surface area contributed by atoms with Gasteiger partial charge >= 0.3 is 0 Å². The first-order chi connectivity index (χ1) is 13.8. The summed E-state index contributed by atoms with van der Waals surface area (Å²) < 4.78 is 11.2.